The molecular formula is C16H20ClNO2. The van der Waals surface area contributed by atoms with Crippen LogP contribution in [0.25, 0.3) is 0 Å². The Morgan fingerprint density at radius 1 is 1.40 bits per heavy atom. The average molecular weight is 294 g/mol. The maximum absolute atomic E-state index is 11.9. The van der Waals surface area contributed by atoms with Crippen LogP contribution in [0.4, 0.5) is 5.69 Å². The second-order valence-corrected chi connectivity index (χ2v) is 6.16. The Morgan fingerprint density at radius 2 is 2.10 bits per heavy atom. The van der Waals surface area contributed by atoms with Crippen LogP contribution in [0.15, 0.2) is 18.2 Å². The van der Waals surface area contributed by atoms with E-state index in [1.54, 1.807) is 18.2 Å². The number of hydrogen-bond acceptors (Lipinski definition) is 2. The van der Waals surface area contributed by atoms with Gasteiger partial charge in [-0.15, -0.1) is 0 Å². The largest absolute Gasteiger partial charge is 0.395 e. The highest BCUT2D eigenvalue weighted by atomic mass is 35.5. The maximum Gasteiger partial charge on any atom is 0.224 e. The van der Waals surface area contributed by atoms with E-state index < -0.39 is 0 Å². The van der Waals surface area contributed by atoms with Crippen molar-refractivity contribution in [3.63, 3.8) is 0 Å². The summed E-state index contributed by atoms with van der Waals surface area (Å²) in [7, 11) is 0. The summed E-state index contributed by atoms with van der Waals surface area (Å²) in [6, 6.07) is 5.23. The van der Waals surface area contributed by atoms with E-state index in [1.807, 2.05) is 20.8 Å². The number of aliphatic hydroxyl groups is 1. The third-order valence-corrected chi connectivity index (χ3v) is 2.73. The molecule has 1 amide bonds. The van der Waals surface area contributed by atoms with Crippen LogP contribution in [0.3, 0.4) is 0 Å². The summed E-state index contributed by atoms with van der Waals surface area (Å²) < 4.78 is 0. The molecule has 1 aromatic rings. The monoisotopic (exact) mass is 293 g/mol. The highest BCUT2D eigenvalue weighted by Gasteiger charge is 2.16. The fourth-order valence-electron chi connectivity index (χ4n) is 1.60. The van der Waals surface area contributed by atoms with Crippen molar-refractivity contribution < 1.29 is 9.90 Å². The molecule has 0 unspecified atom stereocenters. The van der Waals surface area contributed by atoms with Crippen LogP contribution in [0, 0.1) is 17.3 Å². The van der Waals surface area contributed by atoms with Crippen molar-refractivity contribution in [2.45, 2.75) is 33.6 Å². The summed E-state index contributed by atoms with van der Waals surface area (Å²) in [6.07, 6.45) is 0.845. The van der Waals surface area contributed by atoms with Crippen LogP contribution in [0.5, 0.6) is 0 Å². The quantitative estimate of drug-likeness (QED) is 0.839. The minimum absolute atomic E-state index is 0.0375. The minimum atomic E-state index is -0.0743. The fourth-order valence-corrected chi connectivity index (χ4v) is 1.76. The third-order valence-electron chi connectivity index (χ3n) is 2.40. The van der Waals surface area contributed by atoms with Crippen LogP contribution in [-0.2, 0) is 4.79 Å². The maximum atomic E-state index is 11.9. The van der Waals surface area contributed by atoms with E-state index in [9.17, 15) is 4.79 Å². The van der Waals surface area contributed by atoms with Crippen LogP contribution < -0.4 is 5.32 Å². The van der Waals surface area contributed by atoms with Gasteiger partial charge in [0.05, 0.1) is 17.3 Å². The van der Waals surface area contributed by atoms with Crippen molar-refractivity contribution in [1.82, 2.24) is 0 Å². The molecule has 3 nitrogen and oxygen atoms in total. The van der Waals surface area contributed by atoms with E-state index >= 15 is 0 Å². The smallest absolute Gasteiger partial charge is 0.224 e. The second-order valence-electron chi connectivity index (χ2n) is 5.76. The number of amides is 1. The number of aliphatic hydroxyl groups excluding tert-OH is 1. The lowest BCUT2D eigenvalue weighted by Gasteiger charge is -2.17. The molecule has 0 fully saturated rings. The first-order valence-corrected chi connectivity index (χ1v) is 6.89. The van der Waals surface area contributed by atoms with Gasteiger partial charge in [-0.2, -0.15) is 0 Å². The standard InChI is InChI=1S/C16H20ClNO2/c1-16(2,3)11-15(20)18-14-10-12(6-4-5-9-19)7-8-13(14)17/h7-8,10,19H,5,9,11H2,1-3H3,(H,18,20). The van der Waals surface area contributed by atoms with Gasteiger partial charge in [0.1, 0.15) is 0 Å². The predicted molar refractivity (Wildman–Crippen MR) is 82.7 cm³/mol. The van der Waals surface area contributed by atoms with Gasteiger partial charge in [0.15, 0.2) is 0 Å². The van der Waals surface area contributed by atoms with E-state index in [1.165, 1.54) is 0 Å². The summed E-state index contributed by atoms with van der Waals surface area (Å²) in [4.78, 5) is 11.9. The molecule has 20 heavy (non-hydrogen) atoms. The van der Waals surface area contributed by atoms with Crippen molar-refractivity contribution in [3.05, 3.63) is 28.8 Å². The second kappa shape index (κ2) is 7.33. The molecule has 0 aliphatic rings. The SMILES string of the molecule is CC(C)(C)CC(=O)Nc1cc(C#CCCO)ccc1Cl. The highest BCUT2D eigenvalue weighted by Crippen LogP contribution is 2.25. The number of benzene rings is 1. The lowest BCUT2D eigenvalue weighted by molar-refractivity contribution is -0.117. The normalized spacial score (nSPS) is 10.7. The van der Waals surface area contributed by atoms with E-state index in [0.717, 1.165) is 5.56 Å². The van der Waals surface area contributed by atoms with Gasteiger partial charge in [-0.3, -0.25) is 4.79 Å². The Balaban J connectivity index is 2.82. The van der Waals surface area contributed by atoms with Gasteiger partial charge in [-0.05, 0) is 23.6 Å². The Hall–Kier alpha value is -1.50. The minimum Gasteiger partial charge on any atom is -0.395 e. The van der Waals surface area contributed by atoms with Crippen molar-refractivity contribution >= 4 is 23.2 Å². The van der Waals surface area contributed by atoms with Crippen molar-refractivity contribution in [1.29, 1.82) is 0 Å². The Morgan fingerprint density at radius 3 is 2.70 bits per heavy atom. The van der Waals surface area contributed by atoms with Crippen LogP contribution in [-0.4, -0.2) is 17.6 Å². The van der Waals surface area contributed by atoms with Crippen LogP contribution in [0.2, 0.25) is 5.02 Å². The summed E-state index contributed by atoms with van der Waals surface area (Å²) in [5.41, 5.74) is 1.25. The van der Waals surface area contributed by atoms with Crippen molar-refractivity contribution in [3.8, 4) is 11.8 Å². The first-order valence-electron chi connectivity index (χ1n) is 6.51. The molecule has 0 spiro atoms. The Bertz CT molecular complexity index is 536. The Kier molecular flexibility index (Phi) is 6.06. The van der Waals surface area contributed by atoms with Crippen molar-refractivity contribution in [2.24, 2.45) is 5.41 Å². The number of rotatable bonds is 3. The Labute approximate surface area is 125 Å². The zero-order valence-corrected chi connectivity index (χ0v) is 12.8. The van der Waals surface area contributed by atoms with Crippen molar-refractivity contribution in [2.75, 3.05) is 11.9 Å². The molecule has 1 aromatic carbocycles. The molecule has 1 rings (SSSR count). The lowest BCUT2D eigenvalue weighted by atomic mass is 9.92. The molecule has 2 N–H and O–H groups in total. The van der Waals surface area contributed by atoms with E-state index in [-0.39, 0.29) is 17.9 Å². The first kappa shape index (κ1) is 16.6. The number of carbonyl (C=O) groups is 1. The molecule has 0 atom stereocenters. The number of halogens is 1. The van der Waals surface area contributed by atoms with Gasteiger partial charge in [0.2, 0.25) is 5.91 Å². The number of carbonyl (C=O) groups excluding carboxylic acids is 1. The summed E-state index contributed by atoms with van der Waals surface area (Å²) in [5, 5.41) is 12.0. The number of nitrogens with one attached hydrogen (secondary N) is 1. The summed E-state index contributed by atoms with van der Waals surface area (Å²) in [6.45, 7) is 6.05. The topological polar surface area (TPSA) is 49.3 Å². The van der Waals surface area contributed by atoms with E-state index in [4.69, 9.17) is 16.7 Å². The molecule has 0 aliphatic carbocycles. The molecule has 0 saturated carbocycles. The van der Waals surface area contributed by atoms with E-state index in [0.29, 0.717) is 23.6 Å². The highest BCUT2D eigenvalue weighted by molar-refractivity contribution is 6.33. The molecule has 0 heterocycles. The van der Waals surface area contributed by atoms with Gasteiger partial charge in [-0.25, -0.2) is 0 Å². The van der Waals surface area contributed by atoms with E-state index in [2.05, 4.69) is 17.2 Å². The van der Waals surface area contributed by atoms with Gasteiger partial charge in [0.25, 0.3) is 0 Å². The van der Waals surface area contributed by atoms with Gasteiger partial charge < -0.3 is 10.4 Å². The fraction of sp³-hybridized carbons (Fsp3) is 0.438. The third kappa shape index (κ3) is 6.10. The zero-order chi connectivity index (χ0) is 15.2. The van der Waals surface area contributed by atoms with Gasteiger partial charge in [-0.1, -0.05) is 44.2 Å². The summed E-state index contributed by atoms with van der Waals surface area (Å²) in [5.74, 6) is 5.68. The van der Waals surface area contributed by atoms with Crippen LogP contribution in [0.1, 0.15) is 39.2 Å². The molecule has 0 aliphatic heterocycles. The average Bonchev–Trinajstić information content (AvgIpc) is 2.31. The molecule has 0 radical (unpaired) electrons. The molecular weight excluding hydrogens is 274 g/mol. The molecule has 4 heteroatoms. The number of anilines is 1. The summed E-state index contributed by atoms with van der Waals surface area (Å²) >= 11 is 6.07. The molecule has 108 valence electrons. The van der Waals surface area contributed by atoms with Gasteiger partial charge in [0, 0.05) is 18.4 Å². The molecule has 0 aromatic heterocycles. The zero-order valence-electron chi connectivity index (χ0n) is 12.1. The molecule has 0 saturated heterocycles. The lowest BCUT2D eigenvalue weighted by Crippen LogP contribution is -2.19. The van der Waals surface area contributed by atoms with Crippen LogP contribution >= 0.6 is 11.6 Å². The number of hydrogen-bond donors (Lipinski definition) is 2. The predicted octanol–water partition coefficient (Wildman–Crippen LogP) is 3.45. The van der Waals surface area contributed by atoms with Gasteiger partial charge >= 0.3 is 0 Å². The first-order chi connectivity index (χ1) is 9.31. The molecule has 0 bridgehead atoms.